The lowest BCUT2D eigenvalue weighted by Crippen LogP contribution is -2.56. The van der Waals surface area contributed by atoms with E-state index < -0.39 is 0 Å². The van der Waals surface area contributed by atoms with Crippen LogP contribution in [-0.2, 0) is 11.2 Å². The second-order valence-electron chi connectivity index (χ2n) is 7.09. The van der Waals surface area contributed by atoms with E-state index in [1.807, 2.05) is 23.9 Å². The lowest BCUT2D eigenvalue weighted by atomic mass is 9.96. The molecule has 2 fully saturated rings. The number of hydrogen-bond donors (Lipinski definition) is 2. The number of nitrogens with zero attached hydrogens (tertiary/aromatic N) is 2. The molecule has 0 aromatic heterocycles. The average molecular weight is 395 g/mol. The molecule has 2 aliphatic rings. The van der Waals surface area contributed by atoms with Crippen LogP contribution in [-0.4, -0.2) is 73.8 Å². The van der Waals surface area contributed by atoms with Gasteiger partial charge in [0, 0.05) is 31.9 Å². The molecule has 7 heteroatoms. The second-order valence-corrected chi connectivity index (χ2v) is 8.19. The Morgan fingerprint density at radius 1 is 1.30 bits per heavy atom. The summed E-state index contributed by atoms with van der Waals surface area (Å²) >= 11 is 2.02. The van der Waals surface area contributed by atoms with Crippen LogP contribution in [0.4, 0.5) is 4.39 Å². The molecule has 5 nitrogen and oxygen atoms in total. The quantitative estimate of drug-likeness (QED) is 0.548. The summed E-state index contributed by atoms with van der Waals surface area (Å²) < 4.78 is 19.3. The molecule has 3 rings (SSSR count). The number of thioether (sulfide) groups is 1. The molecule has 1 unspecified atom stereocenters. The summed E-state index contributed by atoms with van der Waals surface area (Å²) in [7, 11) is 0. The largest absolute Gasteiger partial charge is 0.379 e. The Kier molecular flexibility index (Phi) is 7.79. The average Bonchev–Trinajstić information content (AvgIpc) is 3.18. The highest BCUT2D eigenvalue weighted by molar-refractivity contribution is 7.99. The first-order chi connectivity index (χ1) is 13.2. The topological polar surface area (TPSA) is 48.9 Å². The fourth-order valence-electron chi connectivity index (χ4n) is 3.69. The molecule has 1 aromatic rings. The standard InChI is InChI=1S/C20H31FN4OS/c1-2-22-19(23-9-7-17-5-3-4-6-18(17)21)24-15-20(8-14-27-16-20)25-10-12-26-13-11-25/h3-6H,2,7-16H2,1H3,(H2,22,23,24). The molecule has 27 heavy (non-hydrogen) atoms. The molecule has 2 saturated heterocycles. The number of nitrogens with one attached hydrogen (secondary N) is 2. The molecule has 1 atom stereocenters. The SMILES string of the molecule is CCNC(=NCC1(N2CCOCC2)CCSC1)NCCc1ccccc1F. The summed E-state index contributed by atoms with van der Waals surface area (Å²) in [6, 6.07) is 6.95. The van der Waals surface area contributed by atoms with Gasteiger partial charge in [0.05, 0.1) is 25.3 Å². The number of rotatable bonds is 7. The van der Waals surface area contributed by atoms with Gasteiger partial charge in [0.15, 0.2) is 5.96 Å². The second kappa shape index (κ2) is 10.3. The van der Waals surface area contributed by atoms with Crippen molar-refractivity contribution in [2.75, 3.05) is 57.4 Å². The van der Waals surface area contributed by atoms with E-state index in [4.69, 9.17) is 9.73 Å². The number of aliphatic imine (C=N–C) groups is 1. The van der Waals surface area contributed by atoms with Crippen LogP contribution in [0.25, 0.3) is 0 Å². The number of hydrogen-bond acceptors (Lipinski definition) is 4. The number of guanidine groups is 1. The smallest absolute Gasteiger partial charge is 0.191 e. The minimum Gasteiger partial charge on any atom is -0.379 e. The van der Waals surface area contributed by atoms with Crippen LogP contribution in [0.3, 0.4) is 0 Å². The van der Waals surface area contributed by atoms with Crippen molar-refractivity contribution in [2.24, 2.45) is 4.99 Å². The Bertz CT molecular complexity index is 616. The Morgan fingerprint density at radius 2 is 2.11 bits per heavy atom. The van der Waals surface area contributed by atoms with Crippen molar-refractivity contribution in [2.45, 2.75) is 25.3 Å². The Morgan fingerprint density at radius 3 is 2.81 bits per heavy atom. The molecule has 2 heterocycles. The van der Waals surface area contributed by atoms with E-state index in [1.165, 1.54) is 18.2 Å². The van der Waals surface area contributed by atoms with E-state index in [1.54, 1.807) is 6.07 Å². The normalized spacial score (nSPS) is 24.1. The summed E-state index contributed by atoms with van der Waals surface area (Å²) in [4.78, 5) is 7.47. The van der Waals surface area contributed by atoms with Crippen LogP contribution in [0.1, 0.15) is 18.9 Å². The maximum atomic E-state index is 13.8. The zero-order valence-electron chi connectivity index (χ0n) is 16.2. The van der Waals surface area contributed by atoms with Gasteiger partial charge in [0.25, 0.3) is 0 Å². The Hall–Kier alpha value is -1.31. The maximum Gasteiger partial charge on any atom is 0.191 e. The van der Waals surface area contributed by atoms with Crippen LogP contribution in [0.15, 0.2) is 29.3 Å². The third-order valence-corrected chi connectivity index (χ3v) is 6.52. The number of morpholine rings is 1. The van der Waals surface area contributed by atoms with Crippen LogP contribution in [0, 0.1) is 5.82 Å². The zero-order chi connectivity index (χ0) is 19.0. The zero-order valence-corrected chi connectivity index (χ0v) is 17.0. The lowest BCUT2D eigenvalue weighted by Gasteiger charge is -2.42. The fraction of sp³-hybridized carbons (Fsp3) is 0.650. The highest BCUT2D eigenvalue weighted by Gasteiger charge is 2.40. The third kappa shape index (κ3) is 5.59. The molecule has 1 aromatic carbocycles. The highest BCUT2D eigenvalue weighted by atomic mass is 32.2. The predicted molar refractivity (Wildman–Crippen MR) is 111 cm³/mol. The molecule has 0 aliphatic carbocycles. The predicted octanol–water partition coefficient (Wildman–Crippen LogP) is 2.13. The molecule has 0 radical (unpaired) electrons. The third-order valence-electron chi connectivity index (χ3n) is 5.28. The summed E-state index contributed by atoms with van der Waals surface area (Å²) in [5.41, 5.74) is 0.875. The molecule has 0 bridgehead atoms. The molecule has 0 spiro atoms. The van der Waals surface area contributed by atoms with Crippen molar-refractivity contribution in [1.29, 1.82) is 0 Å². The minimum absolute atomic E-state index is 0.141. The van der Waals surface area contributed by atoms with Gasteiger partial charge in [-0.25, -0.2) is 4.39 Å². The van der Waals surface area contributed by atoms with E-state index in [-0.39, 0.29) is 11.4 Å². The van der Waals surface area contributed by atoms with Crippen molar-refractivity contribution in [3.63, 3.8) is 0 Å². The minimum atomic E-state index is -0.143. The number of halogens is 1. The van der Waals surface area contributed by atoms with Crippen molar-refractivity contribution in [1.82, 2.24) is 15.5 Å². The van der Waals surface area contributed by atoms with Gasteiger partial charge in [-0.2, -0.15) is 11.8 Å². The van der Waals surface area contributed by atoms with E-state index in [9.17, 15) is 4.39 Å². The summed E-state index contributed by atoms with van der Waals surface area (Å²) in [5.74, 6) is 3.00. The van der Waals surface area contributed by atoms with Gasteiger partial charge in [-0.3, -0.25) is 9.89 Å². The van der Waals surface area contributed by atoms with Gasteiger partial charge < -0.3 is 15.4 Å². The van der Waals surface area contributed by atoms with Crippen LogP contribution >= 0.6 is 11.8 Å². The van der Waals surface area contributed by atoms with Crippen molar-refractivity contribution >= 4 is 17.7 Å². The summed E-state index contributed by atoms with van der Waals surface area (Å²) in [5, 5.41) is 6.69. The molecular formula is C20H31FN4OS. The molecule has 2 aliphatic heterocycles. The first kappa shape index (κ1) is 20.4. The maximum absolute atomic E-state index is 13.8. The monoisotopic (exact) mass is 394 g/mol. The summed E-state index contributed by atoms with van der Waals surface area (Å²) in [6.45, 7) is 7.94. The van der Waals surface area contributed by atoms with Crippen LogP contribution in [0.2, 0.25) is 0 Å². The highest BCUT2D eigenvalue weighted by Crippen LogP contribution is 2.34. The fourth-order valence-corrected chi connectivity index (χ4v) is 5.16. The summed E-state index contributed by atoms with van der Waals surface area (Å²) in [6.07, 6.45) is 1.82. The first-order valence-electron chi connectivity index (χ1n) is 9.90. The Balaban J connectivity index is 1.59. The molecule has 0 saturated carbocycles. The number of benzene rings is 1. The van der Waals surface area contributed by atoms with Crippen molar-refractivity contribution in [3.8, 4) is 0 Å². The molecule has 150 valence electrons. The van der Waals surface area contributed by atoms with E-state index in [0.29, 0.717) is 13.0 Å². The van der Waals surface area contributed by atoms with Crippen molar-refractivity contribution < 1.29 is 9.13 Å². The van der Waals surface area contributed by atoms with Crippen molar-refractivity contribution in [3.05, 3.63) is 35.6 Å². The van der Waals surface area contributed by atoms with E-state index in [0.717, 1.165) is 56.7 Å². The Labute approximate surface area is 166 Å². The van der Waals surface area contributed by atoms with Gasteiger partial charge in [-0.05, 0) is 37.1 Å². The van der Waals surface area contributed by atoms with Gasteiger partial charge in [0.2, 0.25) is 0 Å². The molecular weight excluding hydrogens is 363 g/mol. The van der Waals surface area contributed by atoms with Crippen LogP contribution in [0.5, 0.6) is 0 Å². The van der Waals surface area contributed by atoms with E-state index in [2.05, 4.69) is 22.5 Å². The van der Waals surface area contributed by atoms with Crippen LogP contribution < -0.4 is 10.6 Å². The van der Waals surface area contributed by atoms with Gasteiger partial charge >= 0.3 is 0 Å². The number of ether oxygens (including phenoxy) is 1. The molecule has 2 N–H and O–H groups in total. The molecule has 0 amide bonds. The van der Waals surface area contributed by atoms with Gasteiger partial charge in [-0.1, -0.05) is 18.2 Å². The lowest BCUT2D eigenvalue weighted by molar-refractivity contribution is -0.0104. The first-order valence-corrected chi connectivity index (χ1v) is 11.1. The van der Waals surface area contributed by atoms with Gasteiger partial charge in [0.1, 0.15) is 5.82 Å². The van der Waals surface area contributed by atoms with Gasteiger partial charge in [-0.15, -0.1) is 0 Å². The van der Waals surface area contributed by atoms with E-state index >= 15 is 0 Å².